The maximum absolute atomic E-state index is 12.8. The van der Waals surface area contributed by atoms with E-state index in [1.807, 2.05) is 72.2 Å². The van der Waals surface area contributed by atoms with Gasteiger partial charge in [-0.25, -0.2) is 4.98 Å². The number of thioether (sulfide) groups is 1. The number of benzene rings is 3. The Bertz CT molecular complexity index is 1540. The van der Waals surface area contributed by atoms with Crippen molar-refractivity contribution in [2.24, 2.45) is 0 Å². The van der Waals surface area contributed by atoms with Gasteiger partial charge in [-0.1, -0.05) is 95.6 Å². The molecule has 0 saturated carbocycles. The topological polar surface area (TPSA) is 72.7 Å². The largest absolute Gasteiger partial charge is 0.344 e. The van der Waals surface area contributed by atoms with Gasteiger partial charge in [0.15, 0.2) is 5.16 Å². The molecule has 1 N–H and O–H groups in total. The molecule has 1 amide bonds. The lowest BCUT2D eigenvalue weighted by Crippen LogP contribution is -2.26. The maximum atomic E-state index is 12.8. The number of carbonyl (C=O) groups excluding carboxylic acids is 1. The lowest BCUT2D eigenvalue weighted by molar-refractivity contribution is 0.0935. The molecule has 2 heterocycles. The van der Waals surface area contributed by atoms with Gasteiger partial charge in [-0.3, -0.25) is 9.36 Å². The molecule has 5 aromatic rings. The Morgan fingerprint density at radius 1 is 1.00 bits per heavy atom. The molecule has 2 aromatic heterocycles. The zero-order valence-corrected chi connectivity index (χ0v) is 23.5. The van der Waals surface area contributed by atoms with E-state index in [1.54, 1.807) is 11.4 Å². The molecule has 6 nitrogen and oxygen atoms in total. The van der Waals surface area contributed by atoms with Crippen LogP contribution in [0.3, 0.4) is 0 Å². The van der Waals surface area contributed by atoms with Gasteiger partial charge in [0, 0.05) is 11.8 Å². The fraction of sp³-hybridized carbons (Fsp3) is 0.143. The van der Waals surface area contributed by atoms with Crippen molar-refractivity contribution in [1.82, 2.24) is 25.1 Å². The van der Waals surface area contributed by atoms with Crippen LogP contribution in [0.25, 0.3) is 5.69 Å². The monoisotopic (exact) mass is 579 g/mol. The summed E-state index contributed by atoms with van der Waals surface area (Å²) in [5.41, 5.74) is 3.40. The van der Waals surface area contributed by atoms with Gasteiger partial charge in [0.05, 0.1) is 27.5 Å². The highest BCUT2D eigenvalue weighted by molar-refractivity contribution is 7.98. The van der Waals surface area contributed by atoms with Crippen LogP contribution in [0, 0.1) is 0 Å². The summed E-state index contributed by atoms with van der Waals surface area (Å²) < 4.78 is 1.99. The number of nitrogens with zero attached hydrogens (tertiary/aromatic N) is 4. The van der Waals surface area contributed by atoms with Crippen LogP contribution >= 0.6 is 46.3 Å². The van der Waals surface area contributed by atoms with Gasteiger partial charge < -0.3 is 5.32 Å². The van der Waals surface area contributed by atoms with Gasteiger partial charge in [-0.15, -0.1) is 21.5 Å². The average molecular weight is 581 g/mol. The van der Waals surface area contributed by atoms with Crippen molar-refractivity contribution in [3.8, 4) is 5.69 Å². The Kier molecular flexibility index (Phi) is 8.44. The molecule has 10 heteroatoms. The zero-order valence-electron chi connectivity index (χ0n) is 20.3. The first kappa shape index (κ1) is 26.4. The van der Waals surface area contributed by atoms with Gasteiger partial charge in [-0.05, 0) is 36.2 Å². The van der Waals surface area contributed by atoms with E-state index in [0.717, 1.165) is 27.6 Å². The van der Waals surface area contributed by atoms with Crippen molar-refractivity contribution >= 4 is 52.2 Å². The molecular weight excluding hydrogens is 557 g/mol. The molecule has 0 aliphatic heterocycles. The van der Waals surface area contributed by atoms with Crippen LogP contribution in [-0.2, 0) is 12.2 Å². The molecule has 1 atom stereocenters. The molecule has 0 radical (unpaired) electrons. The summed E-state index contributed by atoms with van der Waals surface area (Å²) in [6, 6.07) is 25.3. The Balaban J connectivity index is 1.33. The fourth-order valence-corrected chi connectivity index (χ4v) is 5.93. The highest BCUT2D eigenvalue weighted by Crippen LogP contribution is 2.30. The second-order valence-corrected chi connectivity index (χ2v) is 11.2. The summed E-state index contributed by atoms with van der Waals surface area (Å²) in [5.74, 6) is 1.13. The number of thiazole rings is 1. The second kappa shape index (κ2) is 12.1. The minimum absolute atomic E-state index is 0.115. The molecule has 0 spiro atoms. The van der Waals surface area contributed by atoms with Crippen molar-refractivity contribution in [3.63, 3.8) is 0 Å². The Labute approximate surface area is 239 Å². The quantitative estimate of drug-likeness (QED) is 0.184. The van der Waals surface area contributed by atoms with Crippen LogP contribution in [0.4, 0.5) is 0 Å². The number of aromatic nitrogens is 4. The summed E-state index contributed by atoms with van der Waals surface area (Å²) in [4.78, 5) is 17.3. The van der Waals surface area contributed by atoms with Crippen molar-refractivity contribution in [2.45, 2.75) is 30.3 Å². The van der Waals surface area contributed by atoms with Crippen molar-refractivity contribution in [2.75, 3.05) is 0 Å². The first-order chi connectivity index (χ1) is 18.5. The molecule has 3 aromatic carbocycles. The van der Waals surface area contributed by atoms with Crippen molar-refractivity contribution in [3.05, 3.63) is 122 Å². The first-order valence-corrected chi connectivity index (χ1v) is 14.5. The molecule has 0 aliphatic rings. The number of hydrogen-bond donors (Lipinski definition) is 1. The van der Waals surface area contributed by atoms with E-state index >= 15 is 0 Å². The average Bonchev–Trinajstić information content (AvgIpc) is 3.57. The first-order valence-electron chi connectivity index (χ1n) is 11.8. The van der Waals surface area contributed by atoms with E-state index in [-0.39, 0.29) is 11.9 Å². The van der Waals surface area contributed by atoms with E-state index in [4.69, 9.17) is 23.2 Å². The zero-order chi connectivity index (χ0) is 26.5. The number of halogens is 2. The Hall–Kier alpha value is -3.17. The SMILES string of the molecule is CC(NC(=O)c1csc(CSc2nnc(Cc3ccccc3)n2-c2ccc(Cl)c(Cl)c2)n1)c1ccccc1. The van der Waals surface area contributed by atoms with Gasteiger partial charge in [-0.2, -0.15) is 0 Å². The van der Waals surface area contributed by atoms with E-state index < -0.39 is 0 Å². The second-order valence-electron chi connectivity index (χ2n) is 8.52. The standard InChI is InChI=1S/C28H23Cl2N5OS2/c1-18(20-10-6-3-7-11-20)31-27(36)24-16-37-26(32-24)17-38-28-34-33-25(14-19-8-4-2-5-9-19)35(28)21-12-13-22(29)23(30)15-21/h2-13,15-16,18H,14,17H2,1H3,(H,31,36). The predicted molar refractivity (Wildman–Crippen MR) is 155 cm³/mol. The minimum atomic E-state index is -0.196. The Morgan fingerprint density at radius 2 is 1.74 bits per heavy atom. The molecule has 0 bridgehead atoms. The lowest BCUT2D eigenvalue weighted by Gasteiger charge is -2.13. The number of carbonyl (C=O) groups is 1. The summed E-state index contributed by atoms with van der Waals surface area (Å²) >= 11 is 15.5. The fourth-order valence-electron chi connectivity index (χ4n) is 3.87. The number of nitrogens with one attached hydrogen (secondary N) is 1. The molecule has 0 saturated heterocycles. The van der Waals surface area contributed by atoms with Gasteiger partial charge in [0.1, 0.15) is 16.5 Å². The van der Waals surface area contributed by atoms with Crippen LogP contribution < -0.4 is 5.32 Å². The lowest BCUT2D eigenvalue weighted by atomic mass is 10.1. The van der Waals surface area contributed by atoms with Crippen LogP contribution in [0.5, 0.6) is 0 Å². The third-order valence-electron chi connectivity index (χ3n) is 5.82. The molecule has 5 rings (SSSR count). The highest BCUT2D eigenvalue weighted by atomic mass is 35.5. The van der Waals surface area contributed by atoms with Gasteiger partial charge in [0.25, 0.3) is 5.91 Å². The minimum Gasteiger partial charge on any atom is -0.344 e. The smallest absolute Gasteiger partial charge is 0.271 e. The normalized spacial score (nSPS) is 11.9. The molecule has 0 aliphatic carbocycles. The van der Waals surface area contributed by atoms with Crippen LogP contribution in [0.15, 0.2) is 89.4 Å². The third kappa shape index (κ3) is 6.27. The van der Waals surface area contributed by atoms with Crippen molar-refractivity contribution in [1.29, 1.82) is 0 Å². The summed E-state index contributed by atoms with van der Waals surface area (Å²) in [6.07, 6.45) is 0.607. The number of hydrogen-bond acceptors (Lipinski definition) is 6. The summed E-state index contributed by atoms with van der Waals surface area (Å²) in [5, 5.41) is 16.2. The molecule has 0 fully saturated rings. The van der Waals surface area contributed by atoms with E-state index in [2.05, 4.69) is 32.6 Å². The van der Waals surface area contributed by atoms with E-state index in [0.29, 0.717) is 33.1 Å². The predicted octanol–water partition coefficient (Wildman–Crippen LogP) is 7.40. The Morgan fingerprint density at radius 3 is 2.47 bits per heavy atom. The van der Waals surface area contributed by atoms with E-state index in [9.17, 15) is 4.79 Å². The molecular formula is C28H23Cl2N5OS2. The summed E-state index contributed by atoms with van der Waals surface area (Å²) in [6.45, 7) is 1.96. The number of rotatable bonds is 9. The molecule has 192 valence electrons. The van der Waals surface area contributed by atoms with Crippen LogP contribution in [0.1, 0.15) is 45.4 Å². The van der Waals surface area contributed by atoms with Crippen LogP contribution in [0.2, 0.25) is 10.0 Å². The van der Waals surface area contributed by atoms with Crippen molar-refractivity contribution < 1.29 is 4.79 Å². The highest BCUT2D eigenvalue weighted by Gasteiger charge is 2.18. The van der Waals surface area contributed by atoms with Crippen LogP contribution in [-0.4, -0.2) is 25.7 Å². The molecule has 1 unspecified atom stereocenters. The summed E-state index contributed by atoms with van der Waals surface area (Å²) in [7, 11) is 0. The number of amides is 1. The van der Waals surface area contributed by atoms with E-state index in [1.165, 1.54) is 23.1 Å². The molecule has 38 heavy (non-hydrogen) atoms. The maximum Gasteiger partial charge on any atom is 0.271 e. The third-order valence-corrected chi connectivity index (χ3v) is 8.53. The van der Waals surface area contributed by atoms with Gasteiger partial charge in [0.2, 0.25) is 0 Å². The van der Waals surface area contributed by atoms with Gasteiger partial charge >= 0.3 is 0 Å².